The first kappa shape index (κ1) is 14.1. The first-order valence-electron chi connectivity index (χ1n) is 7.48. The molecule has 1 aromatic rings. The van der Waals surface area contributed by atoms with Crippen LogP contribution >= 0.6 is 0 Å². The van der Waals surface area contributed by atoms with Crippen LogP contribution in [0.2, 0.25) is 0 Å². The van der Waals surface area contributed by atoms with Crippen LogP contribution in [0.25, 0.3) is 0 Å². The third kappa shape index (κ3) is 2.66. The van der Waals surface area contributed by atoms with Gasteiger partial charge in [-0.2, -0.15) is 5.10 Å². The number of rotatable bonds is 3. The van der Waals surface area contributed by atoms with Crippen LogP contribution in [0.3, 0.4) is 0 Å². The Morgan fingerprint density at radius 1 is 1.43 bits per heavy atom. The van der Waals surface area contributed by atoms with E-state index in [0.29, 0.717) is 25.4 Å². The quantitative estimate of drug-likeness (QED) is 0.831. The number of hydrogen-bond donors (Lipinski definition) is 0. The normalized spacial score (nSPS) is 27.2. The molecule has 2 heterocycles. The SMILES string of the molecule is C[C@@H]1C[C@@H]1C(=O)N1Cc2ccnn2[C@H](CC(=O)N(C)C)C1. The first-order valence-corrected chi connectivity index (χ1v) is 7.48. The average Bonchev–Trinajstić information content (AvgIpc) is 2.98. The minimum atomic E-state index is -0.0587. The van der Waals surface area contributed by atoms with Gasteiger partial charge in [0, 0.05) is 32.8 Å². The number of aromatic nitrogens is 2. The van der Waals surface area contributed by atoms with Gasteiger partial charge in [-0.05, 0) is 18.4 Å². The molecule has 21 heavy (non-hydrogen) atoms. The van der Waals surface area contributed by atoms with E-state index in [1.165, 1.54) is 0 Å². The summed E-state index contributed by atoms with van der Waals surface area (Å²) in [6.07, 6.45) is 3.12. The molecule has 0 saturated heterocycles. The highest BCUT2D eigenvalue weighted by atomic mass is 16.2. The summed E-state index contributed by atoms with van der Waals surface area (Å²) in [5.74, 6) is 0.989. The molecule has 6 heteroatoms. The zero-order chi connectivity index (χ0) is 15.1. The van der Waals surface area contributed by atoms with Crippen molar-refractivity contribution < 1.29 is 9.59 Å². The van der Waals surface area contributed by atoms with Crippen LogP contribution in [0, 0.1) is 11.8 Å². The van der Waals surface area contributed by atoms with Gasteiger partial charge >= 0.3 is 0 Å². The molecule has 1 aliphatic carbocycles. The first-order chi connectivity index (χ1) is 9.97. The van der Waals surface area contributed by atoms with Crippen LogP contribution in [0.4, 0.5) is 0 Å². The molecule has 0 N–H and O–H groups in total. The molecule has 0 bridgehead atoms. The molecule has 1 aliphatic heterocycles. The van der Waals surface area contributed by atoms with Gasteiger partial charge < -0.3 is 9.80 Å². The highest BCUT2D eigenvalue weighted by Crippen LogP contribution is 2.40. The summed E-state index contributed by atoms with van der Waals surface area (Å²) in [7, 11) is 3.51. The summed E-state index contributed by atoms with van der Waals surface area (Å²) < 4.78 is 1.90. The lowest BCUT2D eigenvalue weighted by Gasteiger charge is -2.34. The second kappa shape index (κ2) is 5.16. The van der Waals surface area contributed by atoms with E-state index >= 15 is 0 Å². The summed E-state index contributed by atoms with van der Waals surface area (Å²) in [6.45, 7) is 3.30. The molecule has 3 rings (SSSR count). The van der Waals surface area contributed by atoms with Gasteiger partial charge in [-0.25, -0.2) is 0 Å². The molecule has 0 unspecified atom stereocenters. The zero-order valence-corrected chi connectivity index (χ0v) is 12.8. The highest BCUT2D eigenvalue weighted by molar-refractivity contribution is 5.82. The average molecular weight is 290 g/mol. The molecule has 2 aliphatic rings. The van der Waals surface area contributed by atoms with Gasteiger partial charge in [0.2, 0.25) is 11.8 Å². The lowest BCUT2D eigenvalue weighted by Crippen LogP contribution is -2.43. The van der Waals surface area contributed by atoms with E-state index in [-0.39, 0.29) is 23.8 Å². The molecule has 1 saturated carbocycles. The van der Waals surface area contributed by atoms with E-state index in [0.717, 1.165) is 12.1 Å². The smallest absolute Gasteiger partial charge is 0.226 e. The molecule has 0 aromatic carbocycles. The monoisotopic (exact) mass is 290 g/mol. The number of amides is 2. The van der Waals surface area contributed by atoms with Gasteiger partial charge in [0.25, 0.3) is 0 Å². The Morgan fingerprint density at radius 2 is 2.14 bits per heavy atom. The van der Waals surface area contributed by atoms with Crippen molar-refractivity contribution in [2.24, 2.45) is 11.8 Å². The van der Waals surface area contributed by atoms with Crippen molar-refractivity contribution in [3.63, 3.8) is 0 Å². The van der Waals surface area contributed by atoms with Crippen molar-refractivity contribution in [3.8, 4) is 0 Å². The standard InChI is InChI=1S/C15H22N4O2/c1-10-6-13(10)15(21)18-8-11-4-5-16-19(11)12(9-18)7-14(20)17(2)3/h4-5,10,12-13H,6-9H2,1-3H3/t10-,12-,13+/m1/s1. The van der Waals surface area contributed by atoms with Crippen LogP contribution < -0.4 is 0 Å². The molecule has 3 atom stereocenters. The van der Waals surface area contributed by atoms with Crippen molar-refractivity contribution >= 4 is 11.8 Å². The minimum Gasteiger partial charge on any atom is -0.349 e. The van der Waals surface area contributed by atoms with Crippen molar-refractivity contribution in [1.29, 1.82) is 0 Å². The van der Waals surface area contributed by atoms with Gasteiger partial charge in [-0.3, -0.25) is 14.3 Å². The van der Waals surface area contributed by atoms with E-state index in [4.69, 9.17) is 0 Å². The molecule has 6 nitrogen and oxygen atoms in total. The number of carbonyl (C=O) groups is 2. The Labute approximate surface area is 124 Å². The van der Waals surface area contributed by atoms with Gasteiger partial charge in [-0.15, -0.1) is 0 Å². The van der Waals surface area contributed by atoms with E-state index in [9.17, 15) is 9.59 Å². The Morgan fingerprint density at radius 3 is 2.76 bits per heavy atom. The fraction of sp³-hybridized carbons (Fsp3) is 0.667. The van der Waals surface area contributed by atoms with E-state index in [1.807, 2.05) is 15.6 Å². The van der Waals surface area contributed by atoms with Gasteiger partial charge in [0.1, 0.15) is 0 Å². The molecule has 0 radical (unpaired) electrons. The summed E-state index contributed by atoms with van der Waals surface area (Å²) >= 11 is 0. The molecule has 2 amide bonds. The Kier molecular flexibility index (Phi) is 3.47. The lowest BCUT2D eigenvalue weighted by molar-refractivity contribution is -0.137. The summed E-state index contributed by atoms with van der Waals surface area (Å²) in [6, 6.07) is 1.87. The Hall–Kier alpha value is -1.85. The fourth-order valence-electron chi connectivity index (χ4n) is 2.99. The summed E-state index contributed by atoms with van der Waals surface area (Å²) in [5.41, 5.74) is 1.01. The number of fused-ring (bicyclic) bond motifs is 1. The van der Waals surface area contributed by atoms with E-state index in [1.54, 1.807) is 25.2 Å². The second-order valence-electron chi connectivity index (χ2n) is 6.45. The molecule has 114 valence electrons. The Balaban J connectivity index is 1.77. The zero-order valence-electron chi connectivity index (χ0n) is 12.8. The van der Waals surface area contributed by atoms with Crippen LogP contribution in [-0.4, -0.2) is 52.0 Å². The van der Waals surface area contributed by atoms with Gasteiger partial charge in [0.15, 0.2) is 0 Å². The van der Waals surface area contributed by atoms with Gasteiger partial charge in [0.05, 0.1) is 24.7 Å². The molecular formula is C15H22N4O2. The van der Waals surface area contributed by atoms with Crippen LogP contribution in [0.5, 0.6) is 0 Å². The number of nitrogens with zero attached hydrogens (tertiary/aromatic N) is 4. The molecular weight excluding hydrogens is 268 g/mol. The fourth-order valence-corrected chi connectivity index (χ4v) is 2.99. The lowest BCUT2D eigenvalue weighted by atomic mass is 10.1. The largest absolute Gasteiger partial charge is 0.349 e. The van der Waals surface area contributed by atoms with Crippen LogP contribution in [0.1, 0.15) is 31.5 Å². The molecule has 1 fully saturated rings. The number of hydrogen-bond acceptors (Lipinski definition) is 3. The van der Waals surface area contributed by atoms with Crippen LogP contribution in [-0.2, 0) is 16.1 Å². The predicted octanol–water partition coefficient (Wildman–Crippen LogP) is 0.901. The topological polar surface area (TPSA) is 58.4 Å². The van der Waals surface area contributed by atoms with E-state index < -0.39 is 0 Å². The maximum Gasteiger partial charge on any atom is 0.226 e. The third-order valence-corrected chi connectivity index (χ3v) is 4.53. The Bertz CT molecular complexity index is 566. The van der Waals surface area contributed by atoms with Crippen molar-refractivity contribution in [2.45, 2.75) is 32.4 Å². The van der Waals surface area contributed by atoms with Crippen LogP contribution in [0.15, 0.2) is 12.3 Å². The van der Waals surface area contributed by atoms with Crippen molar-refractivity contribution in [1.82, 2.24) is 19.6 Å². The maximum absolute atomic E-state index is 12.5. The third-order valence-electron chi connectivity index (χ3n) is 4.53. The second-order valence-corrected chi connectivity index (χ2v) is 6.45. The number of carbonyl (C=O) groups excluding carboxylic acids is 2. The van der Waals surface area contributed by atoms with E-state index in [2.05, 4.69) is 12.0 Å². The maximum atomic E-state index is 12.5. The summed E-state index contributed by atoms with van der Waals surface area (Å²) in [4.78, 5) is 28.0. The van der Waals surface area contributed by atoms with Crippen molar-refractivity contribution in [2.75, 3.05) is 20.6 Å². The summed E-state index contributed by atoms with van der Waals surface area (Å²) in [5, 5.41) is 4.33. The van der Waals surface area contributed by atoms with Crippen molar-refractivity contribution in [3.05, 3.63) is 18.0 Å². The van der Waals surface area contributed by atoms with Gasteiger partial charge in [-0.1, -0.05) is 6.92 Å². The molecule has 0 spiro atoms. The minimum absolute atomic E-state index is 0.0587. The molecule has 1 aromatic heterocycles. The highest BCUT2D eigenvalue weighted by Gasteiger charge is 2.43. The predicted molar refractivity (Wildman–Crippen MR) is 77.3 cm³/mol.